The first-order chi connectivity index (χ1) is 11.5. The number of carbonyl (C=O) groups excluding carboxylic acids is 1. The number of hydrogen-bond donors (Lipinski definition) is 1. The Morgan fingerprint density at radius 2 is 1.83 bits per heavy atom. The van der Waals surface area contributed by atoms with Crippen molar-refractivity contribution in [3.8, 4) is 0 Å². The minimum Gasteiger partial charge on any atom is -0.351 e. The molecule has 4 nitrogen and oxygen atoms in total. The number of anilines is 1. The number of hydrogen-bond acceptors (Lipinski definition) is 3. The Morgan fingerprint density at radius 1 is 1.21 bits per heavy atom. The van der Waals surface area contributed by atoms with Gasteiger partial charge in [-0.15, -0.1) is 0 Å². The van der Waals surface area contributed by atoms with Crippen molar-refractivity contribution in [2.75, 3.05) is 4.90 Å². The summed E-state index contributed by atoms with van der Waals surface area (Å²) in [4.78, 5) is 19.0. The first-order valence-corrected chi connectivity index (χ1v) is 9.88. The molecule has 1 aromatic carbocycles. The van der Waals surface area contributed by atoms with Crippen LogP contribution in [0.15, 0.2) is 18.2 Å². The number of nitrogens with zero attached hydrogens (tertiary/aromatic N) is 2. The number of thiazole rings is 1. The van der Waals surface area contributed by atoms with E-state index >= 15 is 0 Å². The van der Waals surface area contributed by atoms with Crippen molar-refractivity contribution < 1.29 is 4.79 Å². The van der Waals surface area contributed by atoms with Crippen LogP contribution in [0.5, 0.6) is 0 Å². The second kappa shape index (κ2) is 5.09. The average molecular weight is 362 g/mol. The third-order valence-corrected chi connectivity index (χ3v) is 7.56. The van der Waals surface area contributed by atoms with Gasteiger partial charge >= 0.3 is 6.03 Å². The van der Waals surface area contributed by atoms with E-state index in [9.17, 15) is 4.79 Å². The van der Waals surface area contributed by atoms with Crippen LogP contribution in [0, 0.1) is 17.8 Å². The lowest BCUT2D eigenvalue weighted by atomic mass is 9.52. The molecule has 0 atom stereocenters. The van der Waals surface area contributed by atoms with E-state index in [-0.39, 0.29) is 11.6 Å². The van der Waals surface area contributed by atoms with Crippen molar-refractivity contribution in [3.05, 3.63) is 23.2 Å². The molecule has 0 saturated heterocycles. The average Bonchev–Trinajstić information content (AvgIpc) is 2.89. The smallest absolute Gasteiger partial charge is 0.321 e. The molecule has 4 fully saturated rings. The first-order valence-electron chi connectivity index (χ1n) is 8.69. The third-order valence-electron chi connectivity index (χ3n) is 6.25. The molecule has 0 spiro atoms. The first kappa shape index (κ1) is 15.0. The van der Waals surface area contributed by atoms with Crippen LogP contribution in [0.1, 0.15) is 38.5 Å². The largest absolute Gasteiger partial charge is 0.351 e. The lowest BCUT2D eigenvalue weighted by Gasteiger charge is -2.59. The van der Waals surface area contributed by atoms with Crippen LogP contribution in [0.4, 0.5) is 9.93 Å². The minimum absolute atomic E-state index is 0.124. The lowest BCUT2D eigenvalue weighted by Crippen LogP contribution is -2.63. The molecular formula is C18H20ClN3OS. The van der Waals surface area contributed by atoms with Crippen LogP contribution >= 0.6 is 22.9 Å². The molecule has 126 valence electrons. The Kier molecular flexibility index (Phi) is 3.17. The van der Waals surface area contributed by atoms with E-state index in [0.29, 0.717) is 10.2 Å². The molecule has 2 amide bonds. The van der Waals surface area contributed by atoms with E-state index in [1.54, 1.807) is 0 Å². The highest BCUT2D eigenvalue weighted by atomic mass is 35.5. The van der Waals surface area contributed by atoms with E-state index in [1.165, 1.54) is 30.6 Å². The van der Waals surface area contributed by atoms with E-state index in [2.05, 4.69) is 0 Å². The van der Waals surface area contributed by atoms with Gasteiger partial charge in [-0.2, -0.15) is 0 Å². The zero-order chi connectivity index (χ0) is 16.5. The molecule has 0 radical (unpaired) electrons. The minimum atomic E-state index is -0.368. The topological polar surface area (TPSA) is 59.2 Å². The fourth-order valence-electron chi connectivity index (χ4n) is 5.87. The fourth-order valence-corrected chi connectivity index (χ4v) is 7.25. The molecular weight excluding hydrogens is 342 g/mol. The molecule has 2 N–H and O–H groups in total. The van der Waals surface area contributed by atoms with Gasteiger partial charge in [-0.25, -0.2) is 9.78 Å². The predicted molar refractivity (Wildman–Crippen MR) is 97.6 cm³/mol. The maximum Gasteiger partial charge on any atom is 0.321 e. The van der Waals surface area contributed by atoms with Gasteiger partial charge in [-0.3, -0.25) is 4.90 Å². The number of urea groups is 1. The Morgan fingerprint density at radius 3 is 2.38 bits per heavy atom. The van der Waals surface area contributed by atoms with Crippen LogP contribution in [-0.4, -0.2) is 16.6 Å². The molecule has 1 heterocycles. The summed E-state index contributed by atoms with van der Waals surface area (Å²) in [6.45, 7) is 0. The number of halogens is 1. The summed E-state index contributed by atoms with van der Waals surface area (Å²) >= 11 is 7.81. The molecule has 6 heteroatoms. The number of nitrogens with two attached hydrogens (primary N) is 1. The van der Waals surface area contributed by atoms with Gasteiger partial charge in [0.2, 0.25) is 0 Å². The fraction of sp³-hybridized carbons (Fsp3) is 0.556. The summed E-state index contributed by atoms with van der Waals surface area (Å²) in [5, 5.41) is 1.34. The second-order valence-corrected chi connectivity index (χ2v) is 9.31. The quantitative estimate of drug-likeness (QED) is 0.834. The molecule has 2 aromatic rings. The van der Waals surface area contributed by atoms with Crippen molar-refractivity contribution in [2.45, 2.75) is 44.1 Å². The summed E-state index contributed by atoms with van der Waals surface area (Å²) in [6.07, 6.45) is 7.22. The number of primary amides is 1. The van der Waals surface area contributed by atoms with Crippen molar-refractivity contribution in [1.29, 1.82) is 0 Å². The molecule has 0 aliphatic heterocycles. The van der Waals surface area contributed by atoms with E-state index < -0.39 is 0 Å². The number of para-hydroxylation sites is 1. The zero-order valence-corrected chi connectivity index (χ0v) is 14.9. The standard InChI is InChI=1S/C18H20ClN3OS/c19-13-2-1-3-14-15(13)21-17(24-14)22(16(20)23)18-7-10-4-11(8-18)6-12(5-10)9-18/h1-3,10-12H,4-9H2,(H2,20,23). The van der Waals surface area contributed by atoms with Crippen molar-refractivity contribution in [1.82, 2.24) is 4.98 Å². The Bertz CT molecular complexity index is 797. The molecule has 24 heavy (non-hydrogen) atoms. The number of fused-ring (bicyclic) bond motifs is 1. The molecule has 4 aliphatic carbocycles. The Balaban J connectivity index is 1.62. The Hall–Kier alpha value is -1.33. The third kappa shape index (κ3) is 2.10. The van der Waals surface area contributed by atoms with Gasteiger partial charge in [0.15, 0.2) is 5.13 Å². The zero-order valence-electron chi connectivity index (χ0n) is 13.4. The van der Waals surface area contributed by atoms with Crippen molar-refractivity contribution in [3.63, 3.8) is 0 Å². The maximum atomic E-state index is 12.5. The maximum absolute atomic E-state index is 12.5. The highest BCUT2D eigenvalue weighted by Crippen LogP contribution is 2.58. The van der Waals surface area contributed by atoms with Crippen LogP contribution in [-0.2, 0) is 0 Å². The number of rotatable bonds is 2. The van der Waals surface area contributed by atoms with E-state index in [1.807, 2.05) is 23.1 Å². The Labute approximate surface area is 150 Å². The SMILES string of the molecule is NC(=O)N(c1nc2c(Cl)cccc2s1)C12CC3CC(CC(C3)C1)C2. The highest BCUT2D eigenvalue weighted by molar-refractivity contribution is 7.22. The molecule has 0 unspecified atom stereocenters. The number of aromatic nitrogens is 1. The van der Waals surface area contributed by atoms with Gasteiger partial charge in [-0.05, 0) is 68.4 Å². The predicted octanol–water partition coefficient (Wildman–Crippen LogP) is 4.80. The molecule has 6 rings (SSSR count). The number of carbonyl (C=O) groups is 1. The molecule has 4 saturated carbocycles. The van der Waals surface area contributed by atoms with E-state index in [0.717, 1.165) is 47.2 Å². The molecule has 1 aromatic heterocycles. The molecule has 4 aliphatic rings. The lowest BCUT2D eigenvalue weighted by molar-refractivity contribution is -0.000198. The van der Waals surface area contributed by atoms with Crippen LogP contribution in [0.25, 0.3) is 10.2 Å². The summed E-state index contributed by atoms with van der Waals surface area (Å²) in [7, 11) is 0. The van der Waals surface area contributed by atoms with Gasteiger partial charge in [0.1, 0.15) is 5.52 Å². The molecule has 4 bridgehead atoms. The van der Waals surface area contributed by atoms with Crippen LogP contribution < -0.4 is 10.6 Å². The van der Waals surface area contributed by atoms with E-state index in [4.69, 9.17) is 22.3 Å². The van der Waals surface area contributed by atoms with Gasteiger partial charge < -0.3 is 5.73 Å². The monoisotopic (exact) mass is 361 g/mol. The normalized spacial score (nSPS) is 34.0. The second-order valence-electron chi connectivity index (χ2n) is 7.90. The summed E-state index contributed by atoms with van der Waals surface area (Å²) in [5.41, 5.74) is 6.52. The van der Waals surface area contributed by atoms with Crippen molar-refractivity contribution >= 4 is 44.3 Å². The van der Waals surface area contributed by atoms with Crippen LogP contribution in [0.3, 0.4) is 0 Å². The van der Waals surface area contributed by atoms with Gasteiger partial charge in [0.25, 0.3) is 0 Å². The summed E-state index contributed by atoms with van der Waals surface area (Å²) in [5.74, 6) is 2.24. The highest BCUT2D eigenvalue weighted by Gasteiger charge is 2.55. The van der Waals surface area contributed by atoms with Gasteiger partial charge in [-0.1, -0.05) is 29.0 Å². The van der Waals surface area contributed by atoms with Crippen molar-refractivity contribution in [2.24, 2.45) is 23.5 Å². The summed E-state index contributed by atoms with van der Waals surface area (Å²) < 4.78 is 1.01. The summed E-state index contributed by atoms with van der Waals surface area (Å²) in [6, 6.07) is 5.40. The number of amides is 2. The van der Waals surface area contributed by atoms with Gasteiger partial charge in [0, 0.05) is 0 Å². The van der Waals surface area contributed by atoms with Gasteiger partial charge in [0.05, 0.1) is 15.3 Å². The van der Waals surface area contributed by atoms with Crippen LogP contribution in [0.2, 0.25) is 5.02 Å². The number of benzene rings is 1.